The molecule has 0 saturated heterocycles. The van der Waals surface area contributed by atoms with Gasteiger partial charge in [-0.1, -0.05) is 19.1 Å². The zero-order valence-corrected chi connectivity index (χ0v) is 10.6. The maximum absolute atomic E-state index is 12.0. The predicted molar refractivity (Wildman–Crippen MR) is 70.3 cm³/mol. The molecule has 0 aliphatic carbocycles. The summed E-state index contributed by atoms with van der Waals surface area (Å²) in [7, 11) is 0. The third-order valence-electron chi connectivity index (χ3n) is 2.99. The van der Waals surface area contributed by atoms with Gasteiger partial charge < -0.3 is 5.32 Å². The molecule has 2 aromatic rings. The Bertz CT molecular complexity index is 502. The van der Waals surface area contributed by atoms with Crippen LogP contribution in [0, 0.1) is 0 Å². The number of aromatic amines is 1. The molecule has 1 amide bonds. The standard InChI is InChI=1S/C14H17N3O/c1-3-11-4-6-12(7-5-11)14(18)17-10(2)13-8-15-16-9-13/h4-10H,3H2,1-2H3,(H,15,16)(H,17,18). The number of aryl methyl sites for hydroxylation is 1. The Hall–Kier alpha value is -2.10. The molecule has 0 spiro atoms. The van der Waals surface area contributed by atoms with E-state index in [-0.39, 0.29) is 11.9 Å². The van der Waals surface area contributed by atoms with Crippen molar-refractivity contribution in [3.8, 4) is 0 Å². The van der Waals surface area contributed by atoms with Gasteiger partial charge in [-0.2, -0.15) is 5.10 Å². The third-order valence-corrected chi connectivity index (χ3v) is 2.99. The maximum Gasteiger partial charge on any atom is 0.251 e. The molecule has 94 valence electrons. The first-order valence-corrected chi connectivity index (χ1v) is 6.09. The lowest BCUT2D eigenvalue weighted by molar-refractivity contribution is 0.0940. The highest BCUT2D eigenvalue weighted by atomic mass is 16.1. The molecule has 0 saturated carbocycles. The summed E-state index contributed by atoms with van der Waals surface area (Å²) < 4.78 is 0. The highest BCUT2D eigenvalue weighted by molar-refractivity contribution is 5.94. The molecule has 0 aliphatic rings. The van der Waals surface area contributed by atoms with E-state index in [0.717, 1.165) is 12.0 Å². The lowest BCUT2D eigenvalue weighted by atomic mass is 10.1. The van der Waals surface area contributed by atoms with E-state index >= 15 is 0 Å². The fourth-order valence-corrected chi connectivity index (χ4v) is 1.75. The number of H-pyrrole nitrogens is 1. The molecule has 0 fully saturated rings. The second kappa shape index (κ2) is 5.49. The first kappa shape index (κ1) is 12.4. The van der Waals surface area contributed by atoms with E-state index in [1.807, 2.05) is 31.2 Å². The average Bonchev–Trinajstić information content (AvgIpc) is 2.92. The normalized spacial score (nSPS) is 12.1. The lowest BCUT2D eigenvalue weighted by Crippen LogP contribution is -2.26. The first-order chi connectivity index (χ1) is 8.70. The topological polar surface area (TPSA) is 57.8 Å². The predicted octanol–water partition coefficient (Wildman–Crippen LogP) is 2.46. The van der Waals surface area contributed by atoms with E-state index in [4.69, 9.17) is 0 Å². The zero-order chi connectivity index (χ0) is 13.0. The van der Waals surface area contributed by atoms with E-state index in [0.29, 0.717) is 5.56 Å². The number of hydrogen-bond acceptors (Lipinski definition) is 2. The summed E-state index contributed by atoms with van der Waals surface area (Å²) >= 11 is 0. The Labute approximate surface area is 106 Å². The monoisotopic (exact) mass is 243 g/mol. The van der Waals surface area contributed by atoms with Gasteiger partial charge in [0.05, 0.1) is 12.2 Å². The van der Waals surface area contributed by atoms with Gasteiger partial charge in [0.15, 0.2) is 0 Å². The number of nitrogens with zero attached hydrogens (tertiary/aromatic N) is 1. The molecule has 1 heterocycles. The van der Waals surface area contributed by atoms with Crippen molar-refractivity contribution in [2.24, 2.45) is 0 Å². The molecule has 18 heavy (non-hydrogen) atoms. The van der Waals surface area contributed by atoms with Gasteiger partial charge in [0.1, 0.15) is 0 Å². The Kier molecular flexibility index (Phi) is 3.77. The molecule has 4 nitrogen and oxygen atoms in total. The number of hydrogen-bond donors (Lipinski definition) is 2. The van der Waals surface area contributed by atoms with Crippen LogP contribution in [0.3, 0.4) is 0 Å². The molecule has 2 rings (SSSR count). The summed E-state index contributed by atoms with van der Waals surface area (Å²) in [5.41, 5.74) is 2.88. The van der Waals surface area contributed by atoms with Gasteiger partial charge in [-0.3, -0.25) is 9.89 Å². The number of amides is 1. The summed E-state index contributed by atoms with van der Waals surface area (Å²) in [6, 6.07) is 7.63. The Balaban J connectivity index is 2.03. The van der Waals surface area contributed by atoms with Crippen LogP contribution in [0.4, 0.5) is 0 Å². The lowest BCUT2D eigenvalue weighted by Gasteiger charge is -2.12. The van der Waals surface area contributed by atoms with Gasteiger partial charge in [-0.15, -0.1) is 0 Å². The van der Waals surface area contributed by atoms with Crippen LogP contribution >= 0.6 is 0 Å². The van der Waals surface area contributed by atoms with Gasteiger partial charge in [0, 0.05) is 17.3 Å². The summed E-state index contributed by atoms with van der Waals surface area (Å²) in [5, 5.41) is 9.54. The van der Waals surface area contributed by atoms with Crippen LogP contribution in [0.25, 0.3) is 0 Å². The largest absolute Gasteiger partial charge is 0.345 e. The fraction of sp³-hybridized carbons (Fsp3) is 0.286. The van der Waals surface area contributed by atoms with Crippen LogP contribution in [0.15, 0.2) is 36.7 Å². The summed E-state index contributed by atoms with van der Waals surface area (Å²) in [4.78, 5) is 12.0. The minimum atomic E-state index is -0.0636. The van der Waals surface area contributed by atoms with Gasteiger partial charge >= 0.3 is 0 Å². The van der Waals surface area contributed by atoms with Gasteiger partial charge in [0.2, 0.25) is 0 Å². The number of aromatic nitrogens is 2. The van der Waals surface area contributed by atoms with Crippen molar-refractivity contribution in [2.75, 3.05) is 0 Å². The third kappa shape index (κ3) is 2.77. The Morgan fingerprint density at radius 1 is 1.39 bits per heavy atom. The van der Waals surface area contributed by atoms with Crippen molar-refractivity contribution < 1.29 is 4.79 Å². The van der Waals surface area contributed by atoms with Crippen LogP contribution in [0.2, 0.25) is 0 Å². The van der Waals surface area contributed by atoms with E-state index in [9.17, 15) is 4.79 Å². The van der Waals surface area contributed by atoms with Crippen molar-refractivity contribution in [3.63, 3.8) is 0 Å². The molecule has 0 bridgehead atoms. The van der Waals surface area contributed by atoms with Crippen molar-refractivity contribution in [1.82, 2.24) is 15.5 Å². The SMILES string of the molecule is CCc1ccc(C(=O)NC(C)c2cn[nH]c2)cc1. The number of carbonyl (C=O) groups is 1. The Morgan fingerprint density at radius 3 is 2.67 bits per heavy atom. The van der Waals surface area contributed by atoms with Crippen LogP contribution in [0.5, 0.6) is 0 Å². The van der Waals surface area contributed by atoms with Crippen molar-refractivity contribution in [1.29, 1.82) is 0 Å². The quantitative estimate of drug-likeness (QED) is 0.866. The number of benzene rings is 1. The molecular formula is C14H17N3O. The number of rotatable bonds is 4. The molecule has 0 aliphatic heterocycles. The summed E-state index contributed by atoms with van der Waals surface area (Å²) in [5.74, 6) is -0.0636. The summed E-state index contributed by atoms with van der Waals surface area (Å²) in [6.07, 6.45) is 4.48. The minimum absolute atomic E-state index is 0.0536. The van der Waals surface area contributed by atoms with E-state index < -0.39 is 0 Å². The minimum Gasteiger partial charge on any atom is -0.345 e. The molecule has 2 N–H and O–H groups in total. The van der Waals surface area contributed by atoms with Crippen LogP contribution in [-0.4, -0.2) is 16.1 Å². The molecule has 1 aromatic heterocycles. The molecule has 0 radical (unpaired) electrons. The van der Waals surface area contributed by atoms with Crippen LogP contribution < -0.4 is 5.32 Å². The van der Waals surface area contributed by atoms with Gasteiger partial charge in [-0.25, -0.2) is 0 Å². The average molecular weight is 243 g/mol. The highest BCUT2D eigenvalue weighted by Gasteiger charge is 2.11. The Morgan fingerprint density at radius 2 is 2.11 bits per heavy atom. The molecular weight excluding hydrogens is 226 g/mol. The zero-order valence-electron chi connectivity index (χ0n) is 10.6. The molecule has 1 aromatic carbocycles. The van der Waals surface area contributed by atoms with Crippen LogP contribution in [0.1, 0.15) is 41.4 Å². The first-order valence-electron chi connectivity index (χ1n) is 6.09. The second-order valence-corrected chi connectivity index (χ2v) is 4.28. The summed E-state index contributed by atoms with van der Waals surface area (Å²) in [6.45, 7) is 4.03. The van der Waals surface area contributed by atoms with E-state index in [1.165, 1.54) is 5.56 Å². The second-order valence-electron chi connectivity index (χ2n) is 4.28. The van der Waals surface area contributed by atoms with Gasteiger partial charge in [-0.05, 0) is 31.0 Å². The van der Waals surface area contributed by atoms with Gasteiger partial charge in [0.25, 0.3) is 5.91 Å². The highest BCUT2D eigenvalue weighted by Crippen LogP contribution is 2.11. The van der Waals surface area contributed by atoms with E-state index in [1.54, 1.807) is 12.4 Å². The fourth-order valence-electron chi connectivity index (χ4n) is 1.75. The molecule has 4 heteroatoms. The van der Waals surface area contributed by atoms with Crippen molar-refractivity contribution in [3.05, 3.63) is 53.3 Å². The van der Waals surface area contributed by atoms with E-state index in [2.05, 4.69) is 22.4 Å². The maximum atomic E-state index is 12.0. The molecule has 1 unspecified atom stereocenters. The van der Waals surface area contributed by atoms with Crippen LogP contribution in [-0.2, 0) is 6.42 Å². The molecule has 1 atom stereocenters. The number of nitrogens with one attached hydrogen (secondary N) is 2. The van der Waals surface area contributed by atoms with Crippen molar-refractivity contribution in [2.45, 2.75) is 26.3 Å². The van der Waals surface area contributed by atoms with Crippen molar-refractivity contribution >= 4 is 5.91 Å². The number of carbonyl (C=O) groups excluding carboxylic acids is 1. The smallest absolute Gasteiger partial charge is 0.251 e.